The molecule has 19 heavy (non-hydrogen) atoms. The van der Waals surface area contributed by atoms with Crippen LogP contribution in [0, 0.1) is 20.8 Å². The van der Waals surface area contributed by atoms with E-state index in [2.05, 4.69) is 73.1 Å². The Bertz CT molecular complexity index is 590. The molecule has 0 aromatic heterocycles. The number of halogens is 2. The van der Waals surface area contributed by atoms with E-state index in [1.165, 1.54) is 27.8 Å². The molecule has 2 rings (SSSR count). The molecule has 0 amide bonds. The van der Waals surface area contributed by atoms with Crippen molar-refractivity contribution in [1.82, 2.24) is 0 Å². The lowest BCUT2D eigenvalue weighted by Gasteiger charge is -2.16. The molecule has 0 nitrogen and oxygen atoms in total. The second-order valence-corrected chi connectivity index (χ2v) is 6.44. The maximum absolute atomic E-state index is 6.63. The Morgan fingerprint density at radius 3 is 2.37 bits per heavy atom. The fraction of sp³-hybridized carbons (Fsp3) is 0.294. The van der Waals surface area contributed by atoms with E-state index in [9.17, 15) is 0 Å². The van der Waals surface area contributed by atoms with Crippen LogP contribution in [0.4, 0.5) is 0 Å². The maximum Gasteiger partial charge on any atom is 0.0628 e. The van der Waals surface area contributed by atoms with Crippen molar-refractivity contribution in [3.8, 4) is 0 Å². The normalized spacial score (nSPS) is 12.5. The highest BCUT2D eigenvalue weighted by Crippen LogP contribution is 2.31. The number of benzene rings is 2. The van der Waals surface area contributed by atoms with Crippen molar-refractivity contribution in [2.45, 2.75) is 32.6 Å². The van der Waals surface area contributed by atoms with E-state index in [4.69, 9.17) is 11.6 Å². The van der Waals surface area contributed by atoms with Crippen molar-refractivity contribution < 1.29 is 0 Å². The monoisotopic (exact) mass is 336 g/mol. The van der Waals surface area contributed by atoms with Crippen LogP contribution >= 0.6 is 27.5 Å². The van der Waals surface area contributed by atoms with Crippen molar-refractivity contribution in [3.05, 3.63) is 68.7 Å². The third kappa shape index (κ3) is 3.40. The number of alkyl halides is 1. The van der Waals surface area contributed by atoms with Gasteiger partial charge < -0.3 is 0 Å². The van der Waals surface area contributed by atoms with Gasteiger partial charge in [-0.2, -0.15) is 0 Å². The molecule has 0 fully saturated rings. The minimum absolute atomic E-state index is 0.0212. The second-order valence-electron chi connectivity index (χ2n) is 5.06. The van der Waals surface area contributed by atoms with Crippen LogP contribution in [0.2, 0.25) is 0 Å². The van der Waals surface area contributed by atoms with Gasteiger partial charge in [0.2, 0.25) is 0 Å². The fourth-order valence-electron chi connectivity index (χ4n) is 2.28. The van der Waals surface area contributed by atoms with Crippen molar-refractivity contribution in [2.75, 3.05) is 0 Å². The quantitative estimate of drug-likeness (QED) is 0.612. The molecule has 0 saturated carbocycles. The first-order chi connectivity index (χ1) is 8.99. The molecule has 2 aromatic carbocycles. The van der Waals surface area contributed by atoms with Gasteiger partial charge in [-0.3, -0.25) is 0 Å². The standard InChI is InChI=1S/C17H18BrCl/c1-11-6-4-5-7-14(11)10-17(19)15-8-13(3)16(18)9-12(15)2/h4-9,17H,10H2,1-3H3. The van der Waals surface area contributed by atoms with Gasteiger partial charge in [0.15, 0.2) is 0 Å². The summed E-state index contributed by atoms with van der Waals surface area (Å²) in [6.07, 6.45) is 0.871. The molecule has 100 valence electrons. The van der Waals surface area contributed by atoms with Gasteiger partial charge in [0.05, 0.1) is 5.38 Å². The lowest BCUT2D eigenvalue weighted by atomic mass is 9.96. The van der Waals surface area contributed by atoms with Gasteiger partial charge in [-0.25, -0.2) is 0 Å². The van der Waals surface area contributed by atoms with Crippen molar-refractivity contribution in [2.24, 2.45) is 0 Å². The number of hydrogen-bond donors (Lipinski definition) is 0. The van der Waals surface area contributed by atoms with Gasteiger partial charge >= 0.3 is 0 Å². The molecule has 0 saturated heterocycles. The van der Waals surface area contributed by atoms with Crippen LogP contribution in [0.1, 0.15) is 33.2 Å². The fourth-order valence-corrected chi connectivity index (χ4v) is 3.14. The summed E-state index contributed by atoms with van der Waals surface area (Å²) in [7, 11) is 0. The van der Waals surface area contributed by atoms with Gasteiger partial charge in [-0.05, 0) is 61.1 Å². The minimum atomic E-state index is 0.0212. The van der Waals surface area contributed by atoms with Crippen LogP contribution in [-0.4, -0.2) is 0 Å². The number of aryl methyl sites for hydroxylation is 3. The molecule has 0 aliphatic heterocycles. The summed E-state index contributed by atoms with van der Waals surface area (Å²) in [6.45, 7) is 6.36. The average molecular weight is 338 g/mol. The number of hydrogen-bond acceptors (Lipinski definition) is 0. The van der Waals surface area contributed by atoms with Crippen LogP contribution < -0.4 is 0 Å². The zero-order valence-electron chi connectivity index (χ0n) is 11.5. The lowest BCUT2D eigenvalue weighted by molar-refractivity contribution is 0.899. The molecule has 0 bridgehead atoms. The van der Waals surface area contributed by atoms with Gasteiger partial charge in [0.25, 0.3) is 0 Å². The first kappa shape index (κ1) is 14.6. The summed E-state index contributed by atoms with van der Waals surface area (Å²) < 4.78 is 1.15. The summed E-state index contributed by atoms with van der Waals surface area (Å²) in [5.74, 6) is 0. The van der Waals surface area contributed by atoms with Crippen LogP contribution in [0.15, 0.2) is 40.9 Å². The summed E-state index contributed by atoms with van der Waals surface area (Å²) in [5, 5.41) is 0.0212. The molecule has 1 unspecified atom stereocenters. The van der Waals surface area contributed by atoms with Gasteiger partial charge in [0.1, 0.15) is 0 Å². The van der Waals surface area contributed by atoms with E-state index < -0.39 is 0 Å². The van der Waals surface area contributed by atoms with E-state index >= 15 is 0 Å². The van der Waals surface area contributed by atoms with Crippen molar-refractivity contribution in [1.29, 1.82) is 0 Å². The minimum Gasteiger partial charge on any atom is -0.117 e. The molecule has 0 N–H and O–H groups in total. The second kappa shape index (κ2) is 6.11. The Morgan fingerprint density at radius 1 is 1.00 bits per heavy atom. The van der Waals surface area contributed by atoms with Crippen molar-refractivity contribution >= 4 is 27.5 Å². The maximum atomic E-state index is 6.63. The third-order valence-electron chi connectivity index (χ3n) is 3.55. The summed E-state index contributed by atoms with van der Waals surface area (Å²) in [4.78, 5) is 0. The molecule has 0 aliphatic carbocycles. The zero-order valence-corrected chi connectivity index (χ0v) is 13.8. The molecule has 0 spiro atoms. The Hall–Kier alpha value is -0.790. The topological polar surface area (TPSA) is 0 Å². The summed E-state index contributed by atoms with van der Waals surface area (Å²) >= 11 is 10.2. The Labute approximate surface area is 128 Å². The number of rotatable bonds is 3. The third-order valence-corrected chi connectivity index (χ3v) is 4.79. The SMILES string of the molecule is Cc1cc(C(Cl)Cc2ccccc2C)c(C)cc1Br. The van der Waals surface area contributed by atoms with Crippen LogP contribution in [0.25, 0.3) is 0 Å². The van der Waals surface area contributed by atoms with E-state index in [0.717, 1.165) is 10.9 Å². The van der Waals surface area contributed by atoms with Gasteiger partial charge in [0, 0.05) is 4.47 Å². The zero-order chi connectivity index (χ0) is 14.0. The van der Waals surface area contributed by atoms with Crippen molar-refractivity contribution in [3.63, 3.8) is 0 Å². The summed E-state index contributed by atoms with van der Waals surface area (Å²) in [5.41, 5.74) is 6.33. The van der Waals surface area contributed by atoms with E-state index in [0.29, 0.717) is 0 Å². The van der Waals surface area contributed by atoms with E-state index in [1.54, 1.807) is 0 Å². The molecule has 1 atom stereocenters. The molecular formula is C17H18BrCl. The largest absolute Gasteiger partial charge is 0.117 e. The molecule has 0 radical (unpaired) electrons. The highest BCUT2D eigenvalue weighted by molar-refractivity contribution is 9.10. The summed E-state index contributed by atoms with van der Waals surface area (Å²) in [6, 6.07) is 12.8. The van der Waals surface area contributed by atoms with Crippen LogP contribution in [-0.2, 0) is 6.42 Å². The Morgan fingerprint density at radius 2 is 1.68 bits per heavy atom. The molecular weight excluding hydrogens is 320 g/mol. The first-order valence-corrected chi connectivity index (χ1v) is 7.67. The molecule has 2 aromatic rings. The van der Waals surface area contributed by atoms with Crippen LogP contribution in [0.5, 0.6) is 0 Å². The van der Waals surface area contributed by atoms with Gasteiger partial charge in [-0.15, -0.1) is 11.6 Å². The predicted molar refractivity (Wildman–Crippen MR) is 87.1 cm³/mol. The Kier molecular flexibility index (Phi) is 4.70. The highest BCUT2D eigenvalue weighted by Gasteiger charge is 2.14. The Balaban J connectivity index is 2.28. The molecule has 0 heterocycles. The lowest BCUT2D eigenvalue weighted by Crippen LogP contribution is -2.01. The smallest absolute Gasteiger partial charge is 0.0628 e. The van der Waals surface area contributed by atoms with Crippen LogP contribution in [0.3, 0.4) is 0 Å². The van der Waals surface area contributed by atoms with Gasteiger partial charge in [-0.1, -0.05) is 46.3 Å². The predicted octanol–water partition coefficient (Wildman–Crippen LogP) is 5.90. The first-order valence-electron chi connectivity index (χ1n) is 6.44. The average Bonchev–Trinajstić information content (AvgIpc) is 2.36. The van der Waals surface area contributed by atoms with E-state index in [-0.39, 0.29) is 5.38 Å². The highest BCUT2D eigenvalue weighted by atomic mass is 79.9. The molecule has 2 heteroatoms. The van der Waals surface area contributed by atoms with E-state index in [1.807, 2.05) is 0 Å². The molecule has 0 aliphatic rings.